The van der Waals surface area contributed by atoms with E-state index < -0.39 is 5.97 Å². The van der Waals surface area contributed by atoms with E-state index in [1.807, 2.05) is 0 Å². The predicted molar refractivity (Wildman–Crippen MR) is 27.6 cm³/mol. The van der Waals surface area contributed by atoms with Gasteiger partial charge in [0.25, 0.3) is 0 Å². The van der Waals surface area contributed by atoms with Crippen LogP contribution in [-0.4, -0.2) is 16.9 Å². The summed E-state index contributed by atoms with van der Waals surface area (Å²) >= 11 is 0. The molecule has 0 spiro atoms. The van der Waals surface area contributed by atoms with Crippen LogP contribution in [0.5, 0.6) is 0 Å². The van der Waals surface area contributed by atoms with Gasteiger partial charge < -0.3 is 9.90 Å². The molecule has 0 amide bonds. The van der Waals surface area contributed by atoms with Crippen LogP contribution in [0.4, 0.5) is 0 Å². The maximum Gasteiger partial charge on any atom is 0.303 e. The first-order valence-corrected chi connectivity index (χ1v) is 2.34. The van der Waals surface area contributed by atoms with E-state index in [0.29, 0.717) is 0 Å². The first-order chi connectivity index (χ1) is 3.63. The van der Waals surface area contributed by atoms with Crippen LogP contribution in [0.1, 0.15) is 19.8 Å². The second kappa shape index (κ2) is 5.96. The van der Waals surface area contributed by atoms with Gasteiger partial charge in [-0.05, 0) is 6.92 Å². The van der Waals surface area contributed by atoms with Gasteiger partial charge in [0, 0.05) is 27.5 Å². The van der Waals surface area contributed by atoms with Crippen molar-refractivity contribution in [3.05, 3.63) is 0 Å². The molecule has 0 saturated heterocycles. The maximum absolute atomic E-state index is 10.1. The number of aliphatic carboxylic acids is 1. The molecule has 0 radical (unpaired) electrons. The minimum Gasteiger partial charge on any atom is -0.481 e. The quantitative estimate of drug-likeness (QED) is 0.690. The normalized spacial score (nSPS) is 7.67. The van der Waals surface area contributed by atoms with Crippen LogP contribution in [0.15, 0.2) is 0 Å². The fourth-order valence-corrected chi connectivity index (χ4v) is 0.283. The van der Waals surface area contributed by atoms with Gasteiger partial charge in [0.15, 0.2) is 0 Å². The second-order valence-corrected chi connectivity index (χ2v) is 1.60. The molecular weight excluding hydrogens is 204 g/mol. The molecule has 0 fully saturated rings. The van der Waals surface area contributed by atoms with E-state index in [9.17, 15) is 9.59 Å². The Kier molecular flexibility index (Phi) is 7.68. The van der Waals surface area contributed by atoms with Crippen molar-refractivity contribution in [1.29, 1.82) is 0 Å². The van der Waals surface area contributed by atoms with E-state index in [2.05, 4.69) is 0 Å². The van der Waals surface area contributed by atoms with Crippen LogP contribution < -0.4 is 0 Å². The molecule has 0 aliphatic carbocycles. The first-order valence-electron chi connectivity index (χ1n) is 2.34. The van der Waals surface area contributed by atoms with Crippen LogP contribution in [0, 0.1) is 0 Å². The Morgan fingerprint density at radius 2 is 1.78 bits per heavy atom. The van der Waals surface area contributed by atoms with Crippen LogP contribution in [0.2, 0.25) is 0 Å². The van der Waals surface area contributed by atoms with Crippen LogP contribution in [0.3, 0.4) is 0 Å². The molecule has 0 aliphatic rings. The van der Waals surface area contributed by atoms with Gasteiger partial charge in [-0.25, -0.2) is 0 Å². The first kappa shape index (κ1) is 11.6. The van der Waals surface area contributed by atoms with Gasteiger partial charge in [-0.15, -0.1) is 0 Å². The molecule has 4 heteroatoms. The minimum absolute atomic E-state index is 0. The number of hydrogen-bond donors (Lipinski definition) is 1. The van der Waals surface area contributed by atoms with Crippen molar-refractivity contribution >= 4 is 11.8 Å². The Morgan fingerprint density at radius 3 is 1.89 bits per heavy atom. The van der Waals surface area contributed by atoms with E-state index in [4.69, 9.17) is 5.11 Å². The Bertz CT molecular complexity index is 96.8. The van der Waals surface area contributed by atoms with Crippen molar-refractivity contribution in [1.82, 2.24) is 0 Å². The second-order valence-electron chi connectivity index (χ2n) is 1.60. The fourth-order valence-electron chi connectivity index (χ4n) is 0.283. The predicted octanol–water partition coefficient (Wildman–Crippen LogP) is 0.438. The van der Waals surface area contributed by atoms with E-state index in [1.165, 1.54) is 6.92 Å². The van der Waals surface area contributed by atoms with Gasteiger partial charge >= 0.3 is 5.97 Å². The van der Waals surface area contributed by atoms with Crippen molar-refractivity contribution in [3.63, 3.8) is 0 Å². The summed E-state index contributed by atoms with van der Waals surface area (Å²) in [6.45, 7) is 1.38. The summed E-state index contributed by atoms with van der Waals surface area (Å²) < 4.78 is 0. The molecule has 0 atom stereocenters. The average Bonchev–Trinajstić information content (AvgIpc) is 1.61. The summed E-state index contributed by atoms with van der Waals surface area (Å²) in [6, 6.07) is 0. The zero-order valence-electron chi connectivity index (χ0n) is 5.09. The molecule has 0 bridgehead atoms. The van der Waals surface area contributed by atoms with Crippen LogP contribution in [0.25, 0.3) is 0 Å². The third kappa shape index (κ3) is 11.4. The molecule has 9 heavy (non-hydrogen) atoms. The van der Waals surface area contributed by atoms with Crippen molar-refractivity contribution < 1.29 is 35.8 Å². The summed E-state index contributed by atoms with van der Waals surface area (Å²) in [5, 5.41) is 8.01. The Labute approximate surface area is 67.7 Å². The standard InChI is InChI=1S/C5H8O3.Mo/c1-4(6)2-3-5(7)8;/h2-3H2,1H3,(H,7,8);. The molecule has 52 valence electrons. The molecule has 0 unspecified atom stereocenters. The van der Waals surface area contributed by atoms with Crippen molar-refractivity contribution in [2.45, 2.75) is 19.8 Å². The summed E-state index contributed by atoms with van der Waals surface area (Å²) in [5.74, 6) is -0.993. The fraction of sp³-hybridized carbons (Fsp3) is 0.600. The van der Waals surface area contributed by atoms with Gasteiger partial charge in [-0.2, -0.15) is 0 Å². The third-order valence-electron chi connectivity index (χ3n) is 0.691. The Balaban J connectivity index is 0. The Morgan fingerprint density at radius 1 is 1.33 bits per heavy atom. The van der Waals surface area contributed by atoms with Crippen LogP contribution >= 0.6 is 0 Å². The minimum atomic E-state index is -0.916. The van der Waals surface area contributed by atoms with E-state index in [0.717, 1.165) is 0 Å². The summed E-state index contributed by atoms with van der Waals surface area (Å²) in [5.41, 5.74) is 0. The average molecular weight is 212 g/mol. The molecule has 0 rings (SSSR count). The topological polar surface area (TPSA) is 54.4 Å². The van der Waals surface area contributed by atoms with Crippen LogP contribution in [-0.2, 0) is 30.7 Å². The number of carboxylic acids is 1. The van der Waals surface area contributed by atoms with Gasteiger partial charge in [-0.1, -0.05) is 0 Å². The monoisotopic (exact) mass is 214 g/mol. The molecule has 0 saturated carbocycles. The number of carbonyl (C=O) groups is 2. The van der Waals surface area contributed by atoms with Crippen molar-refractivity contribution in [2.24, 2.45) is 0 Å². The van der Waals surface area contributed by atoms with Gasteiger partial charge in [0.2, 0.25) is 0 Å². The summed E-state index contributed by atoms with van der Waals surface area (Å²) in [7, 11) is 0. The SMILES string of the molecule is CC(=O)CCC(=O)O.[Mo]. The third-order valence-corrected chi connectivity index (χ3v) is 0.691. The number of carbonyl (C=O) groups excluding carboxylic acids is 1. The molecule has 0 aromatic rings. The molecular formula is C5H8MoO3. The van der Waals surface area contributed by atoms with Gasteiger partial charge in [0.1, 0.15) is 5.78 Å². The zero-order chi connectivity index (χ0) is 6.57. The number of hydrogen-bond acceptors (Lipinski definition) is 2. The van der Waals surface area contributed by atoms with Crippen molar-refractivity contribution in [2.75, 3.05) is 0 Å². The number of rotatable bonds is 3. The molecule has 3 nitrogen and oxygen atoms in total. The van der Waals surface area contributed by atoms with Gasteiger partial charge in [-0.3, -0.25) is 4.79 Å². The smallest absolute Gasteiger partial charge is 0.303 e. The van der Waals surface area contributed by atoms with E-state index in [-0.39, 0.29) is 39.7 Å². The molecule has 0 aromatic heterocycles. The largest absolute Gasteiger partial charge is 0.481 e. The molecule has 0 heterocycles. The summed E-state index contributed by atoms with van der Waals surface area (Å²) in [6.07, 6.45) is 0.102. The van der Waals surface area contributed by atoms with E-state index >= 15 is 0 Å². The molecule has 0 aliphatic heterocycles. The number of Topliss-reactive ketones (excluding diaryl/α,β-unsaturated/α-hetero) is 1. The van der Waals surface area contributed by atoms with Crippen molar-refractivity contribution in [3.8, 4) is 0 Å². The number of ketones is 1. The zero-order valence-corrected chi connectivity index (χ0v) is 7.09. The summed E-state index contributed by atoms with van der Waals surface area (Å²) in [4.78, 5) is 19.8. The Hall–Kier alpha value is -0.172. The molecule has 0 aromatic carbocycles. The molecule has 1 N–H and O–H groups in total. The maximum atomic E-state index is 10.1. The van der Waals surface area contributed by atoms with E-state index in [1.54, 1.807) is 0 Å². The van der Waals surface area contributed by atoms with Gasteiger partial charge in [0.05, 0.1) is 6.42 Å². The number of carboxylic acid groups (broad SMARTS) is 1.